The summed E-state index contributed by atoms with van der Waals surface area (Å²) < 4.78 is 7.66. The van der Waals surface area contributed by atoms with Crippen molar-refractivity contribution in [2.45, 2.75) is 40.2 Å². The first kappa shape index (κ1) is 18.6. The van der Waals surface area contributed by atoms with E-state index in [9.17, 15) is 4.79 Å². The molecule has 1 amide bonds. The molecular formula is C20H25N3O2S. The molecule has 0 atom stereocenters. The molecule has 0 aliphatic heterocycles. The van der Waals surface area contributed by atoms with Crippen LogP contribution in [-0.4, -0.2) is 34.7 Å². The molecule has 0 spiro atoms. The van der Waals surface area contributed by atoms with Crippen molar-refractivity contribution in [2.24, 2.45) is 0 Å². The molecule has 3 aromatic rings. The Balaban J connectivity index is 1.89. The molecule has 0 unspecified atom stereocenters. The zero-order chi connectivity index (χ0) is 18.7. The van der Waals surface area contributed by atoms with Crippen molar-refractivity contribution in [1.29, 1.82) is 0 Å². The zero-order valence-electron chi connectivity index (χ0n) is 15.7. The van der Waals surface area contributed by atoms with E-state index in [4.69, 9.17) is 4.74 Å². The Morgan fingerprint density at radius 2 is 2.00 bits per heavy atom. The summed E-state index contributed by atoms with van der Waals surface area (Å²) in [7, 11) is 0. The molecule has 0 aliphatic rings. The number of ether oxygens (including phenoxy) is 1. The number of rotatable bonds is 7. The summed E-state index contributed by atoms with van der Waals surface area (Å²) >= 11 is 1.44. The van der Waals surface area contributed by atoms with Crippen molar-refractivity contribution in [3.05, 3.63) is 46.7 Å². The highest BCUT2D eigenvalue weighted by Crippen LogP contribution is 2.34. The summed E-state index contributed by atoms with van der Waals surface area (Å²) in [4.78, 5) is 18.9. The van der Waals surface area contributed by atoms with Gasteiger partial charge in [-0.2, -0.15) is 0 Å². The number of amides is 1. The lowest BCUT2D eigenvalue weighted by Crippen LogP contribution is -2.26. The maximum absolute atomic E-state index is 12.9. The molecule has 0 bridgehead atoms. The number of hydrogen-bond acceptors (Lipinski definition) is 4. The van der Waals surface area contributed by atoms with Gasteiger partial charge in [-0.1, -0.05) is 0 Å². The molecular weight excluding hydrogens is 346 g/mol. The molecule has 0 radical (unpaired) electrons. The van der Waals surface area contributed by atoms with Gasteiger partial charge in [0.15, 0.2) is 0 Å². The van der Waals surface area contributed by atoms with E-state index in [0.29, 0.717) is 18.0 Å². The third kappa shape index (κ3) is 3.81. The van der Waals surface area contributed by atoms with Gasteiger partial charge in [-0.15, -0.1) is 11.3 Å². The van der Waals surface area contributed by atoms with Crippen LogP contribution in [0.1, 0.15) is 41.3 Å². The molecule has 3 heterocycles. The van der Waals surface area contributed by atoms with E-state index in [2.05, 4.69) is 40.8 Å². The van der Waals surface area contributed by atoms with E-state index in [1.54, 1.807) is 6.20 Å². The van der Waals surface area contributed by atoms with Crippen LogP contribution in [-0.2, 0) is 4.74 Å². The second-order valence-electron chi connectivity index (χ2n) is 6.62. The highest BCUT2D eigenvalue weighted by Gasteiger charge is 2.22. The van der Waals surface area contributed by atoms with Gasteiger partial charge in [-0.05, 0) is 58.4 Å². The van der Waals surface area contributed by atoms with Crippen LogP contribution < -0.4 is 5.32 Å². The van der Waals surface area contributed by atoms with Crippen molar-refractivity contribution in [3.63, 3.8) is 0 Å². The van der Waals surface area contributed by atoms with Crippen LogP contribution in [0.25, 0.3) is 15.9 Å². The normalized spacial score (nSPS) is 11.4. The quantitative estimate of drug-likeness (QED) is 0.632. The lowest BCUT2D eigenvalue weighted by Gasteiger charge is -2.12. The second kappa shape index (κ2) is 8.01. The summed E-state index contributed by atoms with van der Waals surface area (Å²) in [5, 5.41) is 4.03. The van der Waals surface area contributed by atoms with Gasteiger partial charge in [0.2, 0.25) is 0 Å². The monoisotopic (exact) mass is 371 g/mol. The third-order valence-corrected chi connectivity index (χ3v) is 5.30. The highest BCUT2D eigenvalue weighted by atomic mass is 32.1. The summed E-state index contributed by atoms with van der Waals surface area (Å²) in [6, 6.07) is 8.08. The highest BCUT2D eigenvalue weighted by molar-refractivity contribution is 7.21. The number of pyridine rings is 1. The van der Waals surface area contributed by atoms with Gasteiger partial charge >= 0.3 is 0 Å². The number of thiophene rings is 1. The molecule has 0 fully saturated rings. The number of carbonyl (C=O) groups excluding carboxylic acids is 1. The maximum atomic E-state index is 12.9. The van der Waals surface area contributed by atoms with Crippen molar-refractivity contribution in [1.82, 2.24) is 14.9 Å². The minimum Gasteiger partial charge on any atom is -0.379 e. The lowest BCUT2D eigenvalue weighted by molar-refractivity contribution is 0.0757. The SMILES string of the molecule is Cc1ccc(C)n1-c1c(C(=O)NCCCOC(C)C)sc2ncccc12. The fourth-order valence-electron chi connectivity index (χ4n) is 2.99. The number of carbonyl (C=O) groups is 1. The van der Waals surface area contributed by atoms with E-state index < -0.39 is 0 Å². The van der Waals surface area contributed by atoms with Crippen LogP contribution >= 0.6 is 11.3 Å². The number of aryl methyl sites for hydroxylation is 2. The molecule has 1 N–H and O–H groups in total. The molecule has 6 heteroatoms. The third-order valence-electron chi connectivity index (χ3n) is 4.20. The molecule has 0 saturated heterocycles. The van der Waals surface area contributed by atoms with Gasteiger partial charge in [-0.3, -0.25) is 4.79 Å². The van der Waals surface area contributed by atoms with Crippen LogP contribution in [0.3, 0.4) is 0 Å². The molecule has 0 saturated carbocycles. The van der Waals surface area contributed by atoms with Gasteiger partial charge in [0.05, 0.1) is 11.8 Å². The first-order chi connectivity index (χ1) is 12.5. The average molecular weight is 372 g/mol. The maximum Gasteiger partial charge on any atom is 0.263 e. The predicted molar refractivity (Wildman–Crippen MR) is 106 cm³/mol. The molecule has 0 aliphatic carbocycles. The fourth-order valence-corrected chi connectivity index (χ4v) is 4.03. The molecule has 5 nitrogen and oxygen atoms in total. The number of fused-ring (bicyclic) bond motifs is 1. The largest absolute Gasteiger partial charge is 0.379 e. The molecule has 3 rings (SSSR count). The van der Waals surface area contributed by atoms with Gasteiger partial charge in [0.1, 0.15) is 9.71 Å². The summed E-state index contributed by atoms with van der Waals surface area (Å²) in [5.41, 5.74) is 3.13. The lowest BCUT2D eigenvalue weighted by atomic mass is 10.2. The van der Waals surface area contributed by atoms with Gasteiger partial charge in [-0.25, -0.2) is 4.98 Å². The minimum atomic E-state index is -0.0555. The molecule has 3 aromatic heterocycles. The predicted octanol–water partition coefficient (Wildman–Crippen LogP) is 4.25. The van der Waals surface area contributed by atoms with Crippen molar-refractivity contribution in [3.8, 4) is 5.69 Å². The summed E-state index contributed by atoms with van der Waals surface area (Å²) in [6.07, 6.45) is 2.78. The first-order valence-corrected chi connectivity index (χ1v) is 9.73. The minimum absolute atomic E-state index is 0.0555. The van der Waals surface area contributed by atoms with E-state index in [0.717, 1.165) is 33.7 Å². The average Bonchev–Trinajstić information content (AvgIpc) is 3.14. The van der Waals surface area contributed by atoms with Crippen molar-refractivity contribution < 1.29 is 9.53 Å². The Morgan fingerprint density at radius 3 is 2.69 bits per heavy atom. The van der Waals surface area contributed by atoms with Crippen molar-refractivity contribution >= 4 is 27.5 Å². The summed E-state index contributed by atoms with van der Waals surface area (Å²) in [6.45, 7) is 9.37. The second-order valence-corrected chi connectivity index (χ2v) is 7.62. The van der Waals surface area contributed by atoms with Crippen LogP contribution in [0.5, 0.6) is 0 Å². The topological polar surface area (TPSA) is 56.2 Å². The summed E-state index contributed by atoms with van der Waals surface area (Å²) in [5.74, 6) is -0.0555. The van der Waals surface area contributed by atoms with Gasteiger partial charge in [0, 0.05) is 36.1 Å². The van der Waals surface area contributed by atoms with E-state index >= 15 is 0 Å². The van der Waals surface area contributed by atoms with Crippen LogP contribution in [0, 0.1) is 13.8 Å². The zero-order valence-corrected chi connectivity index (χ0v) is 16.5. The molecule has 0 aromatic carbocycles. The number of nitrogens with zero attached hydrogens (tertiary/aromatic N) is 2. The number of aromatic nitrogens is 2. The van der Waals surface area contributed by atoms with Crippen LogP contribution in [0.2, 0.25) is 0 Å². The van der Waals surface area contributed by atoms with E-state index in [-0.39, 0.29) is 12.0 Å². The van der Waals surface area contributed by atoms with Gasteiger partial charge in [0.25, 0.3) is 5.91 Å². The van der Waals surface area contributed by atoms with Crippen LogP contribution in [0.4, 0.5) is 0 Å². The number of nitrogens with one attached hydrogen (secondary N) is 1. The van der Waals surface area contributed by atoms with E-state index in [1.165, 1.54) is 11.3 Å². The Morgan fingerprint density at radius 1 is 1.27 bits per heavy atom. The standard InChI is InChI=1S/C20H25N3O2S/c1-13(2)25-12-6-11-21-19(24)18-17(23-14(3)8-9-15(23)4)16-7-5-10-22-20(16)26-18/h5,7-10,13H,6,11-12H2,1-4H3,(H,21,24). The Hall–Kier alpha value is -2.18. The fraction of sp³-hybridized carbons (Fsp3) is 0.400. The number of hydrogen-bond donors (Lipinski definition) is 1. The molecule has 26 heavy (non-hydrogen) atoms. The van der Waals surface area contributed by atoms with E-state index in [1.807, 2.05) is 26.0 Å². The Kier molecular flexibility index (Phi) is 5.74. The van der Waals surface area contributed by atoms with Crippen molar-refractivity contribution in [2.75, 3.05) is 13.2 Å². The van der Waals surface area contributed by atoms with Gasteiger partial charge < -0.3 is 14.6 Å². The Bertz CT molecular complexity index is 892. The first-order valence-electron chi connectivity index (χ1n) is 8.91. The molecule has 138 valence electrons. The smallest absolute Gasteiger partial charge is 0.263 e. The Labute approximate surface area is 158 Å². The van der Waals surface area contributed by atoms with Crippen LogP contribution in [0.15, 0.2) is 30.5 Å².